The molecule has 14 heavy (non-hydrogen) atoms. The zero-order chi connectivity index (χ0) is 10.1. The normalized spacial score (nSPS) is 10.4. The lowest BCUT2D eigenvalue weighted by Crippen LogP contribution is -2.30. The van der Waals surface area contributed by atoms with E-state index in [0.29, 0.717) is 5.69 Å². The molecule has 72 valence electrons. The van der Waals surface area contributed by atoms with E-state index in [1.807, 2.05) is 31.3 Å². The predicted octanol–water partition coefficient (Wildman–Crippen LogP) is 0.779. The van der Waals surface area contributed by atoms with Gasteiger partial charge in [-0.15, -0.1) is 4.68 Å². The molecular formula is C10H11N2O2+. The molecule has 2 aromatic rings. The summed E-state index contributed by atoms with van der Waals surface area (Å²) in [6.07, 6.45) is 0. The third-order valence-corrected chi connectivity index (χ3v) is 2.20. The van der Waals surface area contributed by atoms with Crippen molar-refractivity contribution in [1.29, 1.82) is 0 Å². The van der Waals surface area contributed by atoms with Crippen molar-refractivity contribution in [3.05, 3.63) is 30.0 Å². The van der Waals surface area contributed by atoms with Crippen molar-refractivity contribution in [2.45, 2.75) is 0 Å². The highest BCUT2D eigenvalue weighted by molar-refractivity contribution is 6.00. The highest BCUT2D eigenvalue weighted by Crippen LogP contribution is 2.13. The number of hydrogen-bond donors (Lipinski definition) is 1. The topological polar surface area (TPSA) is 46.0 Å². The summed E-state index contributed by atoms with van der Waals surface area (Å²) in [5.74, 6) is -0.346. The van der Waals surface area contributed by atoms with Gasteiger partial charge in [-0.1, -0.05) is 12.1 Å². The molecule has 2 rings (SSSR count). The van der Waals surface area contributed by atoms with Crippen molar-refractivity contribution >= 4 is 16.9 Å². The van der Waals surface area contributed by atoms with Crippen LogP contribution in [-0.4, -0.2) is 18.2 Å². The number of aromatic amines is 1. The molecule has 1 heterocycles. The Kier molecular flexibility index (Phi) is 1.96. The Morgan fingerprint density at radius 3 is 2.86 bits per heavy atom. The summed E-state index contributed by atoms with van der Waals surface area (Å²) in [4.78, 5) is 11.4. The zero-order valence-electron chi connectivity index (χ0n) is 8.07. The minimum absolute atomic E-state index is 0.346. The average molecular weight is 191 g/mol. The van der Waals surface area contributed by atoms with Crippen LogP contribution in [0.3, 0.4) is 0 Å². The molecule has 0 unspecified atom stereocenters. The number of carbonyl (C=O) groups excluding carboxylic acids is 1. The van der Waals surface area contributed by atoms with E-state index in [2.05, 4.69) is 9.84 Å². The van der Waals surface area contributed by atoms with Gasteiger partial charge in [0.25, 0.3) is 0 Å². The van der Waals surface area contributed by atoms with E-state index in [9.17, 15) is 4.79 Å². The maximum atomic E-state index is 11.4. The van der Waals surface area contributed by atoms with Crippen LogP contribution in [0.4, 0.5) is 0 Å². The van der Waals surface area contributed by atoms with E-state index < -0.39 is 0 Å². The first-order valence-electron chi connectivity index (χ1n) is 4.29. The van der Waals surface area contributed by atoms with Gasteiger partial charge in [-0.25, -0.2) is 4.79 Å². The minimum Gasteiger partial charge on any atom is -0.464 e. The lowest BCUT2D eigenvalue weighted by atomic mass is 10.2. The monoisotopic (exact) mass is 191 g/mol. The van der Waals surface area contributed by atoms with Crippen LogP contribution in [0.25, 0.3) is 10.9 Å². The number of ether oxygens (including phenoxy) is 1. The molecule has 1 N–H and O–H groups in total. The molecular weight excluding hydrogens is 180 g/mol. The molecule has 0 aliphatic heterocycles. The van der Waals surface area contributed by atoms with Crippen molar-refractivity contribution in [1.82, 2.24) is 5.10 Å². The first-order chi connectivity index (χ1) is 6.74. The number of carbonyl (C=O) groups is 1. The van der Waals surface area contributed by atoms with Crippen LogP contribution in [0.1, 0.15) is 10.5 Å². The highest BCUT2D eigenvalue weighted by atomic mass is 16.5. The standard InChI is InChI=1S/C10H10N2O2/c1-12-8-6-4-3-5-7(8)9(11-12)10(13)14-2/h3-6H,1-2H3/p+1. The van der Waals surface area contributed by atoms with Crippen molar-refractivity contribution in [3.8, 4) is 0 Å². The smallest absolute Gasteiger partial charge is 0.360 e. The quantitative estimate of drug-likeness (QED) is 0.534. The molecule has 1 aromatic heterocycles. The van der Waals surface area contributed by atoms with Gasteiger partial charge >= 0.3 is 5.97 Å². The summed E-state index contributed by atoms with van der Waals surface area (Å²) < 4.78 is 6.47. The average Bonchev–Trinajstić information content (AvgIpc) is 2.56. The van der Waals surface area contributed by atoms with Gasteiger partial charge in [-0.3, -0.25) is 0 Å². The number of benzene rings is 1. The fraction of sp³-hybridized carbons (Fsp3) is 0.200. The fourth-order valence-corrected chi connectivity index (χ4v) is 1.52. The molecule has 0 saturated carbocycles. The third kappa shape index (κ3) is 1.16. The van der Waals surface area contributed by atoms with Gasteiger partial charge in [-0.2, -0.15) is 5.10 Å². The Morgan fingerprint density at radius 2 is 2.14 bits per heavy atom. The van der Waals surface area contributed by atoms with Gasteiger partial charge < -0.3 is 4.74 Å². The van der Waals surface area contributed by atoms with Gasteiger partial charge in [0.05, 0.1) is 12.5 Å². The van der Waals surface area contributed by atoms with E-state index in [4.69, 9.17) is 0 Å². The number of fused-ring (bicyclic) bond motifs is 1. The molecule has 0 fully saturated rings. The molecule has 1 aromatic carbocycles. The largest absolute Gasteiger partial charge is 0.464 e. The maximum absolute atomic E-state index is 11.4. The van der Waals surface area contributed by atoms with Crippen LogP contribution in [-0.2, 0) is 11.8 Å². The number of aryl methyl sites for hydroxylation is 1. The summed E-state index contributed by atoms with van der Waals surface area (Å²) >= 11 is 0. The van der Waals surface area contributed by atoms with Crippen molar-refractivity contribution in [3.63, 3.8) is 0 Å². The number of nitrogens with one attached hydrogen (secondary N) is 1. The Labute approximate surface area is 81.1 Å². The van der Waals surface area contributed by atoms with Crippen molar-refractivity contribution in [2.75, 3.05) is 7.11 Å². The van der Waals surface area contributed by atoms with Crippen LogP contribution < -0.4 is 4.68 Å². The number of aromatic nitrogens is 2. The molecule has 4 nitrogen and oxygen atoms in total. The molecule has 0 aliphatic rings. The molecule has 0 spiro atoms. The summed E-state index contributed by atoms with van der Waals surface area (Å²) in [5, 5.41) is 3.82. The Balaban J connectivity index is 2.72. The van der Waals surface area contributed by atoms with Gasteiger partial charge in [0, 0.05) is 6.07 Å². The Bertz CT molecular complexity index is 488. The van der Waals surface area contributed by atoms with E-state index in [0.717, 1.165) is 10.9 Å². The maximum Gasteiger partial charge on any atom is 0.360 e. The second-order valence-electron chi connectivity index (χ2n) is 3.05. The molecule has 0 radical (unpaired) electrons. The highest BCUT2D eigenvalue weighted by Gasteiger charge is 2.19. The molecule has 0 bridgehead atoms. The van der Waals surface area contributed by atoms with Crippen LogP contribution >= 0.6 is 0 Å². The van der Waals surface area contributed by atoms with Crippen LogP contribution in [0, 0.1) is 0 Å². The molecule has 4 heteroatoms. The lowest BCUT2D eigenvalue weighted by Gasteiger charge is -1.91. The second kappa shape index (κ2) is 3.14. The number of rotatable bonds is 1. The van der Waals surface area contributed by atoms with E-state index in [1.165, 1.54) is 7.11 Å². The van der Waals surface area contributed by atoms with Gasteiger partial charge in [0.15, 0.2) is 12.7 Å². The molecule has 0 amide bonds. The second-order valence-corrected chi connectivity index (χ2v) is 3.05. The predicted molar refractivity (Wildman–Crippen MR) is 50.8 cm³/mol. The Hall–Kier alpha value is -1.84. The molecule has 0 saturated heterocycles. The van der Waals surface area contributed by atoms with Crippen LogP contribution in [0.15, 0.2) is 24.3 Å². The molecule has 0 aliphatic carbocycles. The first-order valence-corrected chi connectivity index (χ1v) is 4.29. The number of nitrogens with zero attached hydrogens (tertiary/aromatic N) is 1. The zero-order valence-corrected chi connectivity index (χ0v) is 8.07. The van der Waals surface area contributed by atoms with Crippen LogP contribution in [0.2, 0.25) is 0 Å². The van der Waals surface area contributed by atoms with E-state index in [1.54, 1.807) is 4.68 Å². The number of hydrogen-bond acceptors (Lipinski definition) is 2. The lowest BCUT2D eigenvalue weighted by molar-refractivity contribution is -0.702. The fourth-order valence-electron chi connectivity index (χ4n) is 1.52. The summed E-state index contributed by atoms with van der Waals surface area (Å²) in [6.45, 7) is 0. The third-order valence-electron chi connectivity index (χ3n) is 2.20. The number of methoxy groups -OCH3 is 1. The van der Waals surface area contributed by atoms with Gasteiger partial charge in [0.2, 0.25) is 5.52 Å². The minimum atomic E-state index is -0.346. The molecule has 0 atom stereocenters. The first kappa shape index (κ1) is 8.74. The van der Waals surface area contributed by atoms with Crippen LogP contribution in [0.5, 0.6) is 0 Å². The summed E-state index contributed by atoms with van der Waals surface area (Å²) in [7, 11) is 3.23. The van der Waals surface area contributed by atoms with Crippen molar-refractivity contribution < 1.29 is 14.2 Å². The van der Waals surface area contributed by atoms with E-state index in [-0.39, 0.29) is 5.97 Å². The van der Waals surface area contributed by atoms with Gasteiger partial charge in [-0.05, 0) is 6.07 Å². The summed E-state index contributed by atoms with van der Waals surface area (Å²) in [6, 6.07) is 7.65. The number of esters is 1. The SMILES string of the molecule is COC(=O)c1[nH][n+](C)c2ccccc12. The summed E-state index contributed by atoms with van der Waals surface area (Å²) in [5.41, 5.74) is 1.47. The number of para-hydroxylation sites is 1. The van der Waals surface area contributed by atoms with Gasteiger partial charge in [0.1, 0.15) is 0 Å². The number of H-pyrrole nitrogens is 1. The Morgan fingerprint density at radius 1 is 1.43 bits per heavy atom. The van der Waals surface area contributed by atoms with E-state index >= 15 is 0 Å². The van der Waals surface area contributed by atoms with Crippen molar-refractivity contribution in [2.24, 2.45) is 7.05 Å².